The first-order chi connectivity index (χ1) is 19.6. The Labute approximate surface area is 243 Å². The number of carbonyl (C=O) groups excluding carboxylic acids is 2. The fourth-order valence-corrected chi connectivity index (χ4v) is 6.65. The topological polar surface area (TPSA) is 96.0 Å². The highest BCUT2D eigenvalue weighted by Gasteiger charge is 2.34. The highest BCUT2D eigenvalue weighted by molar-refractivity contribution is 7.92. The maximum atomic E-state index is 14.2. The van der Waals surface area contributed by atoms with Crippen molar-refractivity contribution in [2.75, 3.05) is 18.0 Å². The number of methoxy groups -OCH3 is 1. The molecule has 1 atom stereocenters. The van der Waals surface area contributed by atoms with Crippen LogP contribution in [0.4, 0.5) is 5.69 Å². The van der Waals surface area contributed by atoms with E-state index in [1.54, 1.807) is 44.4 Å². The number of anilines is 1. The lowest BCUT2D eigenvalue weighted by molar-refractivity contribution is -0.139. The summed E-state index contributed by atoms with van der Waals surface area (Å²) in [6.07, 6.45) is 3.96. The molecule has 0 spiro atoms. The van der Waals surface area contributed by atoms with Gasteiger partial charge in [-0.05, 0) is 80.6 Å². The number of hydrogen-bond donors (Lipinski definition) is 1. The van der Waals surface area contributed by atoms with E-state index in [2.05, 4.69) is 5.32 Å². The number of carbonyl (C=O) groups is 2. The van der Waals surface area contributed by atoms with E-state index < -0.39 is 28.5 Å². The van der Waals surface area contributed by atoms with E-state index in [0.29, 0.717) is 17.0 Å². The predicted molar refractivity (Wildman–Crippen MR) is 160 cm³/mol. The summed E-state index contributed by atoms with van der Waals surface area (Å²) in [5, 5.41) is 3.09. The lowest BCUT2D eigenvalue weighted by atomic mass is 10.1. The molecule has 0 unspecified atom stereocenters. The predicted octanol–water partition coefficient (Wildman–Crippen LogP) is 4.98. The van der Waals surface area contributed by atoms with Crippen LogP contribution in [0.25, 0.3) is 0 Å². The van der Waals surface area contributed by atoms with E-state index in [9.17, 15) is 18.0 Å². The van der Waals surface area contributed by atoms with Crippen molar-refractivity contribution in [2.45, 2.75) is 70.0 Å². The van der Waals surface area contributed by atoms with Gasteiger partial charge in [-0.15, -0.1) is 0 Å². The van der Waals surface area contributed by atoms with Crippen LogP contribution >= 0.6 is 0 Å². The molecule has 9 heteroatoms. The molecule has 3 aromatic carbocycles. The molecule has 0 radical (unpaired) electrons. The van der Waals surface area contributed by atoms with E-state index in [-0.39, 0.29) is 23.4 Å². The van der Waals surface area contributed by atoms with E-state index in [1.165, 1.54) is 17.0 Å². The average molecular weight is 578 g/mol. The minimum absolute atomic E-state index is 0.0834. The van der Waals surface area contributed by atoms with Gasteiger partial charge in [0.15, 0.2) is 0 Å². The smallest absolute Gasteiger partial charge is 0.264 e. The second kappa shape index (κ2) is 13.2. The Balaban J connectivity index is 1.71. The highest BCUT2D eigenvalue weighted by Crippen LogP contribution is 2.29. The molecule has 0 aliphatic heterocycles. The molecule has 0 aromatic heterocycles. The number of aryl methyl sites for hydroxylation is 2. The summed E-state index contributed by atoms with van der Waals surface area (Å²) < 4.78 is 34.5. The van der Waals surface area contributed by atoms with Gasteiger partial charge in [0.1, 0.15) is 18.3 Å². The van der Waals surface area contributed by atoms with Gasteiger partial charge in [-0.25, -0.2) is 8.42 Å². The van der Waals surface area contributed by atoms with Gasteiger partial charge in [-0.3, -0.25) is 13.9 Å². The zero-order chi connectivity index (χ0) is 29.6. The fraction of sp³-hybridized carbons (Fsp3) is 0.375. The van der Waals surface area contributed by atoms with Crippen LogP contribution in [-0.2, 0) is 26.2 Å². The zero-order valence-corrected chi connectivity index (χ0v) is 25.0. The Morgan fingerprint density at radius 2 is 1.68 bits per heavy atom. The first-order valence-electron chi connectivity index (χ1n) is 14.0. The molecular formula is C32H39N3O5S. The first-order valence-corrected chi connectivity index (χ1v) is 15.4. The quantitative estimate of drug-likeness (QED) is 0.347. The van der Waals surface area contributed by atoms with Crippen LogP contribution in [-0.4, -0.2) is 50.9 Å². The van der Waals surface area contributed by atoms with Gasteiger partial charge in [0, 0.05) is 12.6 Å². The Bertz CT molecular complexity index is 1470. The van der Waals surface area contributed by atoms with Crippen LogP contribution in [0.1, 0.15) is 49.3 Å². The van der Waals surface area contributed by atoms with Crippen molar-refractivity contribution >= 4 is 27.5 Å². The number of nitrogens with one attached hydrogen (secondary N) is 1. The Kier molecular flexibility index (Phi) is 9.70. The molecule has 1 saturated carbocycles. The van der Waals surface area contributed by atoms with Gasteiger partial charge in [-0.1, -0.05) is 55.3 Å². The Hall–Kier alpha value is -3.85. The minimum Gasteiger partial charge on any atom is -0.497 e. The Morgan fingerprint density at radius 3 is 2.37 bits per heavy atom. The molecule has 218 valence electrons. The van der Waals surface area contributed by atoms with Crippen LogP contribution in [0, 0.1) is 13.8 Å². The second-order valence-corrected chi connectivity index (χ2v) is 12.5. The largest absolute Gasteiger partial charge is 0.497 e. The van der Waals surface area contributed by atoms with Gasteiger partial charge < -0.3 is 15.0 Å². The van der Waals surface area contributed by atoms with Crippen LogP contribution in [0.2, 0.25) is 0 Å². The molecule has 0 saturated heterocycles. The second-order valence-electron chi connectivity index (χ2n) is 10.7. The maximum Gasteiger partial charge on any atom is 0.264 e. The molecule has 4 rings (SSSR count). The normalized spacial score (nSPS) is 14.3. The SMILES string of the molecule is COc1cccc(CN(C(=O)CN(c2cc(C)ccc2C)S(=O)(=O)c2ccccc2)[C@@H](C)C(=O)NC2CCCC2)c1. The molecule has 41 heavy (non-hydrogen) atoms. The molecule has 1 aliphatic carbocycles. The zero-order valence-electron chi connectivity index (χ0n) is 24.2. The molecule has 8 nitrogen and oxygen atoms in total. The number of ether oxygens (including phenoxy) is 1. The van der Waals surface area contributed by atoms with Crippen molar-refractivity contribution in [3.05, 3.63) is 89.5 Å². The van der Waals surface area contributed by atoms with E-state index in [4.69, 9.17) is 4.74 Å². The summed E-state index contributed by atoms with van der Waals surface area (Å²) in [4.78, 5) is 29.1. The molecule has 1 aliphatic rings. The third-order valence-corrected chi connectivity index (χ3v) is 9.37. The van der Waals surface area contributed by atoms with E-state index in [0.717, 1.165) is 41.1 Å². The highest BCUT2D eigenvalue weighted by atomic mass is 32.2. The van der Waals surface area contributed by atoms with Crippen molar-refractivity contribution < 1.29 is 22.7 Å². The first kappa shape index (κ1) is 30.1. The molecule has 3 aromatic rings. The number of sulfonamides is 1. The van der Waals surface area contributed by atoms with Gasteiger partial charge in [-0.2, -0.15) is 0 Å². The molecular weight excluding hydrogens is 538 g/mol. The van der Waals surface area contributed by atoms with Crippen molar-refractivity contribution in [3.63, 3.8) is 0 Å². The van der Waals surface area contributed by atoms with Crippen molar-refractivity contribution in [2.24, 2.45) is 0 Å². The summed E-state index contributed by atoms with van der Waals surface area (Å²) in [5.41, 5.74) is 2.77. The van der Waals surface area contributed by atoms with Gasteiger partial charge >= 0.3 is 0 Å². The Morgan fingerprint density at radius 1 is 0.976 bits per heavy atom. The van der Waals surface area contributed by atoms with E-state index in [1.807, 2.05) is 44.2 Å². The standard InChI is InChI=1S/C32H39N3O5S/c1-23-17-18-24(2)30(19-23)35(41(38,39)29-15-6-5-7-16-29)22-31(36)34(21-26-11-10-14-28(20-26)40-4)25(3)32(37)33-27-12-8-9-13-27/h5-7,10-11,14-20,25,27H,8-9,12-13,21-22H2,1-4H3,(H,33,37)/t25-/m0/s1. The fourth-order valence-electron chi connectivity index (χ4n) is 5.16. The number of nitrogens with zero attached hydrogens (tertiary/aromatic N) is 2. The van der Waals surface area contributed by atoms with Crippen molar-refractivity contribution in [1.29, 1.82) is 0 Å². The monoisotopic (exact) mass is 577 g/mol. The van der Waals surface area contributed by atoms with Crippen LogP contribution in [0.5, 0.6) is 5.75 Å². The lowest BCUT2D eigenvalue weighted by Crippen LogP contribution is -2.52. The molecule has 0 heterocycles. The number of amides is 2. The number of benzene rings is 3. The van der Waals surface area contributed by atoms with Crippen molar-refractivity contribution in [1.82, 2.24) is 10.2 Å². The molecule has 1 N–H and O–H groups in total. The van der Waals surface area contributed by atoms with Crippen LogP contribution in [0.3, 0.4) is 0 Å². The summed E-state index contributed by atoms with van der Waals surface area (Å²) in [5.74, 6) is -0.110. The number of hydrogen-bond acceptors (Lipinski definition) is 5. The summed E-state index contributed by atoms with van der Waals surface area (Å²) in [6.45, 7) is 5.03. The summed E-state index contributed by atoms with van der Waals surface area (Å²) in [7, 11) is -2.54. The van der Waals surface area contributed by atoms with Gasteiger partial charge in [0.25, 0.3) is 10.0 Å². The molecule has 1 fully saturated rings. The average Bonchev–Trinajstić information content (AvgIpc) is 3.49. The summed E-state index contributed by atoms with van der Waals surface area (Å²) in [6, 6.07) is 20.2. The third kappa shape index (κ3) is 7.27. The van der Waals surface area contributed by atoms with Crippen LogP contribution < -0.4 is 14.4 Å². The number of rotatable bonds is 11. The minimum atomic E-state index is -4.10. The van der Waals surface area contributed by atoms with Crippen LogP contribution in [0.15, 0.2) is 77.7 Å². The van der Waals surface area contributed by atoms with Gasteiger partial charge in [0.2, 0.25) is 11.8 Å². The van der Waals surface area contributed by atoms with Crippen molar-refractivity contribution in [3.8, 4) is 5.75 Å². The third-order valence-electron chi connectivity index (χ3n) is 7.60. The molecule has 2 amide bonds. The lowest BCUT2D eigenvalue weighted by Gasteiger charge is -2.33. The van der Waals surface area contributed by atoms with Gasteiger partial charge in [0.05, 0.1) is 17.7 Å². The maximum absolute atomic E-state index is 14.2. The van der Waals surface area contributed by atoms with E-state index >= 15 is 0 Å². The summed E-state index contributed by atoms with van der Waals surface area (Å²) >= 11 is 0. The molecule has 0 bridgehead atoms.